The highest BCUT2D eigenvalue weighted by atomic mass is 32.2. The molecule has 0 aromatic heterocycles. The molecule has 0 amide bonds. The summed E-state index contributed by atoms with van der Waals surface area (Å²) in [4.78, 5) is 24.3. The van der Waals surface area contributed by atoms with Gasteiger partial charge in [-0.2, -0.15) is 0 Å². The van der Waals surface area contributed by atoms with E-state index in [1.165, 1.54) is 0 Å². The van der Waals surface area contributed by atoms with Crippen molar-refractivity contribution in [2.45, 2.75) is 63.1 Å². The number of hydrogen-bond acceptors (Lipinski definition) is 10. The number of Topliss-reactive ketones (excluding diaryl/α,β-unsaturated/α-hetero) is 1. The molecule has 0 saturated carbocycles. The molecule has 2 aliphatic rings. The maximum Gasteiger partial charge on any atom is 0.330 e. The van der Waals surface area contributed by atoms with E-state index >= 15 is 0 Å². The van der Waals surface area contributed by atoms with Crippen LogP contribution in [0.1, 0.15) is 34.1 Å². The summed E-state index contributed by atoms with van der Waals surface area (Å²) in [6, 6.07) is 0. The first-order valence-corrected chi connectivity index (χ1v) is 9.54. The van der Waals surface area contributed by atoms with Crippen LogP contribution in [0.15, 0.2) is 0 Å². The maximum atomic E-state index is 12.2. The number of rotatable bonds is 7. The van der Waals surface area contributed by atoms with E-state index in [0.717, 1.165) is 0 Å². The molecule has 0 aromatic carbocycles. The molecule has 2 fully saturated rings. The molecule has 0 radical (unpaired) electrons. The quantitative estimate of drug-likeness (QED) is 0.321. The van der Waals surface area contributed by atoms with Crippen LogP contribution in [-0.2, 0) is 43.4 Å². The normalized spacial score (nSPS) is 28.7. The van der Waals surface area contributed by atoms with Gasteiger partial charge in [-0.3, -0.25) is 9.59 Å². The van der Waals surface area contributed by atoms with E-state index in [1.54, 1.807) is 27.7 Å². The number of esters is 1. The van der Waals surface area contributed by atoms with Crippen molar-refractivity contribution in [1.29, 1.82) is 0 Å². The largest absolute Gasteiger partial charge is 0.747 e. The predicted molar refractivity (Wildman–Crippen MR) is 83.9 cm³/mol. The summed E-state index contributed by atoms with van der Waals surface area (Å²) < 4.78 is 60.4. The molecule has 11 heteroatoms. The Balaban J connectivity index is 1.96. The Morgan fingerprint density at radius 1 is 1.08 bits per heavy atom. The van der Waals surface area contributed by atoms with Crippen molar-refractivity contribution in [3.05, 3.63) is 0 Å². The monoisotopic (exact) mass is 395 g/mol. The third-order valence-electron chi connectivity index (χ3n) is 3.77. The van der Waals surface area contributed by atoms with Gasteiger partial charge in [-0.15, -0.1) is 0 Å². The van der Waals surface area contributed by atoms with Crippen LogP contribution >= 0.6 is 0 Å². The number of carbonyl (C=O) groups excluding carboxylic acids is 2. The molecule has 0 aromatic rings. The second-order valence-corrected chi connectivity index (χ2v) is 8.53. The highest BCUT2D eigenvalue weighted by Gasteiger charge is 2.41. The van der Waals surface area contributed by atoms with Gasteiger partial charge >= 0.3 is 5.97 Å². The number of carbonyl (C=O) groups is 2. The van der Waals surface area contributed by atoms with Gasteiger partial charge in [0.25, 0.3) is 0 Å². The number of hydrogen-bond donors (Lipinski definition) is 0. The van der Waals surface area contributed by atoms with E-state index in [2.05, 4.69) is 0 Å². The molecular formula is C15H23O10S-. The first-order chi connectivity index (χ1) is 11.8. The molecule has 10 nitrogen and oxygen atoms in total. The van der Waals surface area contributed by atoms with E-state index in [0.29, 0.717) is 0 Å². The smallest absolute Gasteiger partial charge is 0.330 e. The molecule has 3 atom stereocenters. The topological polar surface area (TPSA) is 137 Å². The van der Waals surface area contributed by atoms with Crippen LogP contribution < -0.4 is 0 Å². The van der Waals surface area contributed by atoms with Crippen LogP contribution in [0.4, 0.5) is 0 Å². The Bertz CT molecular complexity index is 653. The van der Waals surface area contributed by atoms with E-state index in [-0.39, 0.29) is 19.8 Å². The minimum absolute atomic E-state index is 0.0434. The Hall–Kier alpha value is -1.11. The molecule has 0 bridgehead atoms. The summed E-state index contributed by atoms with van der Waals surface area (Å²) in [6.07, 6.45) is -1.82. The van der Waals surface area contributed by atoms with Gasteiger partial charge in [-0.05, 0) is 27.7 Å². The van der Waals surface area contributed by atoms with Crippen molar-refractivity contribution < 1.29 is 46.2 Å². The summed E-state index contributed by atoms with van der Waals surface area (Å²) in [5.41, 5.74) is 0. The fourth-order valence-corrected chi connectivity index (χ4v) is 3.42. The van der Waals surface area contributed by atoms with Gasteiger partial charge in [-0.1, -0.05) is 0 Å². The zero-order valence-electron chi connectivity index (χ0n) is 15.1. The molecule has 2 aliphatic heterocycles. The molecule has 26 heavy (non-hydrogen) atoms. The third-order valence-corrected chi connectivity index (χ3v) is 4.80. The van der Waals surface area contributed by atoms with E-state index in [1.807, 2.05) is 0 Å². The van der Waals surface area contributed by atoms with Crippen LogP contribution in [0.3, 0.4) is 0 Å². The predicted octanol–water partition coefficient (Wildman–Crippen LogP) is -0.294. The van der Waals surface area contributed by atoms with Crippen molar-refractivity contribution in [2.75, 3.05) is 19.8 Å². The summed E-state index contributed by atoms with van der Waals surface area (Å²) in [6.45, 7) is 6.41. The van der Waals surface area contributed by atoms with Crippen molar-refractivity contribution in [2.24, 2.45) is 0 Å². The minimum atomic E-state index is -5.24. The molecule has 2 heterocycles. The molecule has 3 unspecified atom stereocenters. The summed E-state index contributed by atoms with van der Waals surface area (Å²) in [5, 5.41) is -2.45. The van der Waals surface area contributed by atoms with Crippen LogP contribution in [0.25, 0.3) is 0 Å². The van der Waals surface area contributed by atoms with Gasteiger partial charge in [0, 0.05) is 6.42 Å². The second-order valence-electron chi connectivity index (χ2n) is 7.07. The zero-order valence-corrected chi connectivity index (χ0v) is 15.9. The van der Waals surface area contributed by atoms with Gasteiger partial charge in [0.2, 0.25) is 5.25 Å². The molecular weight excluding hydrogens is 372 g/mol. The Labute approximate surface area is 151 Å². The molecule has 150 valence electrons. The van der Waals surface area contributed by atoms with E-state index in [4.69, 9.17) is 23.7 Å². The van der Waals surface area contributed by atoms with Gasteiger partial charge < -0.3 is 28.2 Å². The molecule has 0 aliphatic carbocycles. The van der Waals surface area contributed by atoms with Crippen molar-refractivity contribution >= 4 is 21.9 Å². The van der Waals surface area contributed by atoms with Crippen LogP contribution in [0.2, 0.25) is 0 Å². The van der Waals surface area contributed by atoms with Gasteiger partial charge in [0.05, 0.1) is 19.3 Å². The maximum absolute atomic E-state index is 12.2. The lowest BCUT2D eigenvalue weighted by Crippen LogP contribution is -2.42. The SMILES string of the molecule is CC1(C)OCC(COC(=O)C(C(=O)CC2COC(C)(C)O2)S(=O)(=O)[O-])O1. The van der Waals surface area contributed by atoms with Crippen LogP contribution in [0, 0.1) is 0 Å². The fraction of sp³-hybridized carbons (Fsp3) is 0.867. The minimum Gasteiger partial charge on any atom is -0.747 e. The molecule has 0 N–H and O–H groups in total. The highest BCUT2D eigenvalue weighted by molar-refractivity contribution is 7.88. The Kier molecular flexibility index (Phi) is 6.10. The first-order valence-electron chi connectivity index (χ1n) is 8.07. The van der Waals surface area contributed by atoms with Gasteiger partial charge in [0.15, 0.2) is 17.4 Å². The van der Waals surface area contributed by atoms with E-state index < -0.39 is 57.3 Å². The molecule has 2 saturated heterocycles. The zero-order chi connectivity index (χ0) is 19.8. The molecule has 2 rings (SSSR count). The van der Waals surface area contributed by atoms with Gasteiger partial charge in [0.1, 0.15) is 22.8 Å². The standard InChI is InChI=1S/C15H24O10S/c1-14(2)22-7-9(24-14)5-11(16)12(26(18,19)20)13(17)21-6-10-8-23-15(3,4)25-10/h9-10,12H,5-8H2,1-4H3,(H,18,19,20)/p-1. The fourth-order valence-electron chi connectivity index (χ4n) is 2.70. The van der Waals surface area contributed by atoms with Crippen molar-refractivity contribution in [3.63, 3.8) is 0 Å². The summed E-state index contributed by atoms with van der Waals surface area (Å²) in [7, 11) is -5.24. The third kappa shape index (κ3) is 5.69. The highest BCUT2D eigenvalue weighted by Crippen LogP contribution is 2.25. The van der Waals surface area contributed by atoms with Crippen LogP contribution in [-0.4, -0.2) is 73.6 Å². The average Bonchev–Trinajstić information content (AvgIpc) is 2.96. The lowest BCUT2D eigenvalue weighted by Gasteiger charge is -2.21. The lowest BCUT2D eigenvalue weighted by atomic mass is 10.1. The number of ketones is 1. The van der Waals surface area contributed by atoms with Crippen molar-refractivity contribution in [3.8, 4) is 0 Å². The van der Waals surface area contributed by atoms with E-state index in [9.17, 15) is 22.6 Å². The average molecular weight is 395 g/mol. The summed E-state index contributed by atoms with van der Waals surface area (Å²) >= 11 is 0. The Morgan fingerprint density at radius 2 is 1.58 bits per heavy atom. The second kappa shape index (κ2) is 7.49. The van der Waals surface area contributed by atoms with Gasteiger partial charge in [-0.25, -0.2) is 8.42 Å². The summed E-state index contributed by atoms with van der Waals surface area (Å²) in [5.74, 6) is -4.32. The number of ether oxygens (including phenoxy) is 5. The molecule has 0 spiro atoms. The first kappa shape index (κ1) is 21.2. The Morgan fingerprint density at radius 3 is 2.00 bits per heavy atom. The van der Waals surface area contributed by atoms with Crippen LogP contribution in [0.5, 0.6) is 0 Å². The van der Waals surface area contributed by atoms with Crippen molar-refractivity contribution in [1.82, 2.24) is 0 Å². The lowest BCUT2D eigenvalue weighted by molar-refractivity contribution is -0.159.